The molecular weight excluding hydrogens is 274 g/mol. The second kappa shape index (κ2) is 7.31. The number of hydrogen-bond donors (Lipinski definition) is 1. The summed E-state index contributed by atoms with van der Waals surface area (Å²) >= 11 is 0. The summed E-state index contributed by atoms with van der Waals surface area (Å²) < 4.78 is 0. The summed E-state index contributed by atoms with van der Waals surface area (Å²) in [5.74, 6) is 0.751. The van der Waals surface area contributed by atoms with Gasteiger partial charge < -0.3 is 10.2 Å². The Morgan fingerprint density at radius 2 is 2.09 bits per heavy atom. The minimum absolute atomic E-state index is 0.438. The van der Waals surface area contributed by atoms with E-state index in [0.29, 0.717) is 6.04 Å². The van der Waals surface area contributed by atoms with E-state index in [9.17, 15) is 0 Å². The van der Waals surface area contributed by atoms with Crippen LogP contribution in [-0.4, -0.2) is 45.5 Å². The van der Waals surface area contributed by atoms with Gasteiger partial charge in [0, 0.05) is 43.4 Å². The quantitative estimate of drug-likeness (QED) is 0.918. The lowest BCUT2D eigenvalue weighted by atomic mass is 10.0. The minimum atomic E-state index is 0.438. The van der Waals surface area contributed by atoms with E-state index >= 15 is 0 Å². The maximum Gasteiger partial charge on any atom is 0.223 e. The molecule has 116 valence electrons. The Bertz CT molecular complexity index is 587. The van der Waals surface area contributed by atoms with Gasteiger partial charge in [0.15, 0.2) is 0 Å². The molecule has 2 aromatic rings. The zero-order chi connectivity index (χ0) is 15.2. The van der Waals surface area contributed by atoms with E-state index < -0.39 is 0 Å². The first-order valence-corrected chi connectivity index (χ1v) is 7.97. The molecule has 1 saturated heterocycles. The van der Waals surface area contributed by atoms with Gasteiger partial charge in [0.1, 0.15) is 0 Å². The van der Waals surface area contributed by atoms with E-state index in [2.05, 4.69) is 37.3 Å². The molecule has 5 nitrogen and oxygen atoms in total. The lowest BCUT2D eigenvalue weighted by molar-refractivity contribution is 0.218. The van der Waals surface area contributed by atoms with E-state index in [4.69, 9.17) is 0 Å². The number of nitrogens with one attached hydrogen (secondary N) is 1. The summed E-state index contributed by atoms with van der Waals surface area (Å²) in [4.78, 5) is 15.3. The fourth-order valence-electron chi connectivity index (χ4n) is 2.91. The molecule has 1 aliphatic heterocycles. The summed E-state index contributed by atoms with van der Waals surface area (Å²) in [5, 5.41) is 3.48. The van der Waals surface area contributed by atoms with Crippen LogP contribution in [0.5, 0.6) is 0 Å². The number of rotatable bonds is 5. The number of anilines is 1. The summed E-state index contributed by atoms with van der Waals surface area (Å²) in [6, 6.07) is 6.56. The Morgan fingerprint density at radius 1 is 1.23 bits per heavy atom. The highest BCUT2D eigenvalue weighted by atomic mass is 15.2. The first-order chi connectivity index (χ1) is 10.8. The Morgan fingerprint density at radius 3 is 2.91 bits per heavy atom. The van der Waals surface area contributed by atoms with Crippen molar-refractivity contribution in [3.8, 4) is 0 Å². The molecule has 22 heavy (non-hydrogen) atoms. The Balaban J connectivity index is 1.51. The fraction of sp³-hybridized carbons (Fsp3) is 0.471. The molecule has 0 radical (unpaired) electrons. The Hall–Kier alpha value is -2.01. The zero-order valence-electron chi connectivity index (χ0n) is 13.1. The largest absolute Gasteiger partial charge is 0.350 e. The fourth-order valence-corrected chi connectivity index (χ4v) is 2.91. The molecular formula is C17H23N5. The lowest BCUT2D eigenvalue weighted by Crippen LogP contribution is -2.43. The predicted octanol–water partition coefficient (Wildman–Crippen LogP) is 2.30. The second-order valence-electron chi connectivity index (χ2n) is 5.91. The van der Waals surface area contributed by atoms with Crippen molar-refractivity contribution in [2.75, 3.05) is 25.0 Å². The smallest absolute Gasteiger partial charge is 0.223 e. The standard InChI is InChI=1S/C17H23N5/c1-14-4-10-19-17(20-14)21-16-3-2-11-22(13-16)12-7-15-5-8-18-9-6-15/h4-6,8-10,16H,2-3,7,11-13H2,1H3,(H,19,20,21). The number of hydrogen-bond acceptors (Lipinski definition) is 5. The topological polar surface area (TPSA) is 53.9 Å². The van der Waals surface area contributed by atoms with Crippen LogP contribution >= 0.6 is 0 Å². The van der Waals surface area contributed by atoms with Crippen LogP contribution in [0, 0.1) is 6.92 Å². The number of aryl methyl sites for hydroxylation is 1. The van der Waals surface area contributed by atoms with Gasteiger partial charge in [-0.25, -0.2) is 9.97 Å². The monoisotopic (exact) mass is 297 g/mol. The maximum atomic E-state index is 4.44. The van der Waals surface area contributed by atoms with Crippen molar-refractivity contribution < 1.29 is 0 Å². The van der Waals surface area contributed by atoms with Crippen LogP contribution in [-0.2, 0) is 6.42 Å². The van der Waals surface area contributed by atoms with Gasteiger partial charge >= 0.3 is 0 Å². The molecule has 0 saturated carbocycles. The van der Waals surface area contributed by atoms with E-state index in [-0.39, 0.29) is 0 Å². The Kier molecular flexibility index (Phi) is 4.96. The van der Waals surface area contributed by atoms with Crippen molar-refractivity contribution in [3.63, 3.8) is 0 Å². The molecule has 1 atom stereocenters. The average Bonchev–Trinajstić information content (AvgIpc) is 2.54. The molecule has 0 aromatic carbocycles. The van der Waals surface area contributed by atoms with Crippen molar-refractivity contribution in [2.24, 2.45) is 0 Å². The van der Waals surface area contributed by atoms with E-state index in [1.54, 1.807) is 0 Å². The molecule has 3 rings (SSSR count). The normalized spacial score (nSPS) is 19.0. The molecule has 1 unspecified atom stereocenters. The molecule has 1 aliphatic rings. The van der Waals surface area contributed by atoms with Gasteiger partial charge in [-0.2, -0.15) is 0 Å². The van der Waals surface area contributed by atoms with Gasteiger partial charge in [0.05, 0.1) is 0 Å². The molecule has 0 bridgehead atoms. The number of likely N-dealkylation sites (tertiary alicyclic amines) is 1. The van der Waals surface area contributed by atoms with Crippen molar-refractivity contribution in [1.82, 2.24) is 19.9 Å². The number of nitrogens with zero attached hydrogens (tertiary/aromatic N) is 4. The van der Waals surface area contributed by atoms with Gasteiger partial charge in [-0.15, -0.1) is 0 Å². The van der Waals surface area contributed by atoms with Crippen LogP contribution in [0.3, 0.4) is 0 Å². The number of piperidine rings is 1. The van der Waals surface area contributed by atoms with Crippen LogP contribution < -0.4 is 5.32 Å². The SMILES string of the molecule is Cc1ccnc(NC2CCCN(CCc3ccncc3)C2)n1. The van der Waals surface area contributed by atoms with Crippen molar-refractivity contribution >= 4 is 5.95 Å². The van der Waals surface area contributed by atoms with Gasteiger partial charge in [-0.05, 0) is 56.5 Å². The average molecular weight is 297 g/mol. The summed E-state index contributed by atoms with van der Waals surface area (Å²) in [7, 11) is 0. The van der Waals surface area contributed by atoms with Gasteiger partial charge in [-0.3, -0.25) is 4.98 Å². The second-order valence-corrected chi connectivity index (χ2v) is 5.91. The van der Waals surface area contributed by atoms with Crippen LogP contribution in [0.25, 0.3) is 0 Å². The molecule has 1 fully saturated rings. The van der Waals surface area contributed by atoms with Crippen LogP contribution in [0.1, 0.15) is 24.1 Å². The predicted molar refractivity (Wildman–Crippen MR) is 87.8 cm³/mol. The molecule has 0 spiro atoms. The summed E-state index contributed by atoms with van der Waals surface area (Å²) in [6.07, 6.45) is 9.03. The molecule has 0 aliphatic carbocycles. The molecule has 3 heterocycles. The van der Waals surface area contributed by atoms with Crippen molar-refractivity contribution in [3.05, 3.63) is 48.0 Å². The summed E-state index contributed by atoms with van der Waals surface area (Å²) in [6.45, 7) is 5.33. The lowest BCUT2D eigenvalue weighted by Gasteiger charge is -2.33. The highest BCUT2D eigenvalue weighted by Gasteiger charge is 2.20. The van der Waals surface area contributed by atoms with Gasteiger partial charge in [0.25, 0.3) is 0 Å². The van der Waals surface area contributed by atoms with Crippen LogP contribution in [0.4, 0.5) is 5.95 Å². The van der Waals surface area contributed by atoms with E-state index in [1.165, 1.54) is 24.9 Å². The third-order valence-corrected chi connectivity index (χ3v) is 4.10. The molecule has 1 N–H and O–H groups in total. The van der Waals surface area contributed by atoms with E-state index in [0.717, 1.165) is 31.2 Å². The maximum absolute atomic E-state index is 4.44. The molecule has 0 amide bonds. The van der Waals surface area contributed by atoms with Gasteiger partial charge in [0.2, 0.25) is 5.95 Å². The molecule has 2 aromatic heterocycles. The van der Waals surface area contributed by atoms with Crippen molar-refractivity contribution in [1.29, 1.82) is 0 Å². The van der Waals surface area contributed by atoms with Crippen LogP contribution in [0.15, 0.2) is 36.8 Å². The Labute approximate surface area is 131 Å². The third-order valence-electron chi connectivity index (χ3n) is 4.10. The minimum Gasteiger partial charge on any atom is -0.350 e. The first-order valence-electron chi connectivity index (χ1n) is 7.97. The van der Waals surface area contributed by atoms with Crippen molar-refractivity contribution in [2.45, 2.75) is 32.2 Å². The first kappa shape index (κ1) is 14.9. The van der Waals surface area contributed by atoms with Gasteiger partial charge in [-0.1, -0.05) is 0 Å². The third kappa shape index (κ3) is 4.24. The highest BCUT2D eigenvalue weighted by molar-refractivity contribution is 5.26. The van der Waals surface area contributed by atoms with E-state index in [1.807, 2.05) is 31.6 Å². The highest BCUT2D eigenvalue weighted by Crippen LogP contribution is 2.14. The molecule has 5 heteroatoms. The summed E-state index contributed by atoms with van der Waals surface area (Å²) in [5.41, 5.74) is 2.36. The van der Waals surface area contributed by atoms with Crippen LogP contribution in [0.2, 0.25) is 0 Å². The number of pyridine rings is 1. The number of aromatic nitrogens is 3. The zero-order valence-corrected chi connectivity index (χ0v) is 13.1.